The molecule has 0 bridgehead atoms. The topological polar surface area (TPSA) is 188 Å². The van der Waals surface area contributed by atoms with Gasteiger partial charge in [0.15, 0.2) is 0 Å². The van der Waals surface area contributed by atoms with Crippen LogP contribution in [0.2, 0.25) is 0 Å². The fourth-order valence-electron chi connectivity index (χ4n) is 3.56. The molecule has 0 amide bonds. The number of aryl methyl sites for hydroxylation is 1. The maximum atomic E-state index is 11.7. The first-order chi connectivity index (χ1) is 16.7. The molecule has 5 N–H and O–H groups in total. The van der Waals surface area contributed by atoms with Gasteiger partial charge in [0.25, 0.3) is 5.56 Å². The monoisotopic (exact) mass is 528 g/mol. The number of aliphatic carboxylic acids is 1. The van der Waals surface area contributed by atoms with Gasteiger partial charge in [-0.15, -0.1) is 0 Å². The average Bonchev–Trinajstić information content (AvgIpc) is 3.14. The number of carboxylic acid groups (broad SMARTS) is 1. The molecule has 200 valence electrons. The van der Waals surface area contributed by atoms with E-state index in [1.165, 1.54) is 18.7 Å². The van der Waals surface area contributed by atoms with E-state index in [1.807, 2.05) is 24.3 Å². The molecule has 1 aromatic heterocycles. The van der Waals surface area contributed by atoms with E-state index in [4.69, 9.17) is 19.6 Å². The molecule has 1 saturated heterocycles. The van der Waals surface area contributed by atoms with Gasteiger partial charge < -0.3 is 24.7 Å². The van der Waals surface area contributed by atoms with Crippen molar-refractivity contribution in [3.63, 3.8) is 0 Å². The fourth-order valence-corrected chi connectivity index (χ4v) is 3.90. The molecule has 1 aliphatic heterocycles. The Kier molecular flexibility index (Phi) is 10.4. The Labute approximate surface area is 207 Å². The zero-order valence-electron chi connectivity index (χ0n) is 20.5. The highest BCUT2D eigenvalue weighted by molar-refractivity contribution is 7.46. The Morgan fingerprint density at radius 2 is 1.83 bits per heavy atom. The molecule has 0 spiro atoms. The molecular weight excluding hydrogens is 495 g/mol. The van der Waals surface area contributed by atoms with Crippen molar-refractivity contribution < 1.29 is 38.6 Å². The minimum Gasteiger partial charge on any atom is -0.481 e. The van der Waals surface area contributed by atoms with Crippen molar-refractivity contribution in [2.45, 2.75) is 64.9 Å². The predicted molar refractivity (Wildman–Crippen MR) is 130 cm³/mol. The quantitative estimate of drug-likeness (QED) is 0.315. The van der Waals surface area contributed by atoms with Crippen LogP contribution >= 0.6 is 7.82 Å². The molecule has 13 heteroatoms. The molecule has 36 heavy (non-hydrogen) atoms. The number of benzene rings is 1. The third-order valence-electron chi connectivity index (χ3n) is 5.56. The van der Waals surface area contributed by atoms with E-state index in [9.17, 15) is 24.1 Å². The summed E-state index contributed by atoms with van der Waals surface area (Å²) >= 11 is 0. The highest BCUT2D eigenvalue weighted by atomic mass is 31.2. The third-order valence-corrected chi connectivity index (χ3v) is 6.05. The minimum atomic E-state index is -4.67. The molecule has 1 aliphatic rings. The number of H-pyrrole nitrogens is 1. The van der Waals surface area contributed by atoms with Crippen LogP contribution in [0.15, 0.2) is 40.1 Å². The summed E-state index contributed by atoms with van der Waals surface area (Å²) in [6, 6.07) is 7.87. The first-order valence-corrected chi connectivity index (χ1v) is 12.9. The Morgan fingerprint density at radius 3 is 2.36 bits per heavy atom. The number of phosphoric acid groups is 1. The van der Waals surface area contributed by atoms with Crippen LogP contribution < -0.4 is 11.2 Å². The maximum absolute atomic E-state index is 11.7. The van der Waals surface area contributed by atoms with Crippen LogP contribution in [0.4, 0.5) is 0 Å². The Morgan fingerprint density at radius 1 is 1.22 bits per heavy atom. The lowest BCUT2D eigenvalue weighted by Gasteiger charge is -2.16. The Hall–Kier alpha value is -2.60. The van der Waals surface area contributed by atoms with Crippen LogP contribution in [0.3, 0.4) is 0 Å². The van der Waals surface area contributed by atoms with Crippen LogP contribution in [0.1, 0.15) is 56.0 Å². The standard InChI is InChI=1S/C13H18O2.C10H15N2O8P/c1-9(2)8-11-4-6-12(7-5-11)10(3)13(14)15;1-5-3-12(10(15)11-9(5)14)8-2-6(13)7(20-8)4-19-21(16,17)18/h4-7,9-10H,8H2,1-3H3,(H,14,15);3,6-8,13H,2,4H2,1H3,(H,11,14,15)(H2,16,17,18)/t;6-,7+,8+/m.0/s1. The van der Waals surface area contributed by atoms with Crippen molar-refractivity contribution >= 4 is 13.8 Å². The second-order valence-corrected chi connectivity index (χ2v) is 10.3. The van der Waals surface area contributed by atoms with E-state index in [0.29, 0.717) is 11.5 Å². The molecule has 2 aromatic rings. The van der Waals surface area contributed by atoms with Gasteiger partial charge >= 0.3 is 19.5 Å². The number of ether oxygens (including phenoxy) is 1. The summed E-state index contributed by atoms with van der Waals surface area (Å²) in [5, 5.41) is 18.6. The van der Waals surface area contributed by atoms with Crippen LogP contribution in [0.5, 0.6) is 0 Å². The van der Waals surface area contributed by atoms with E-state index in [-0.39, 0.29) is 6.42 Å². The lowest BCUT2D eigenvalue weighted by atomic mass is 9.97. The molecule has 12 nitrogen and oxygen atoms in total. The number of nitrogens with zero attached hydrogens (tertiary/aromatic N) is 1. The largest absolute Gasteiger partial charge is 0.481 e. The number of aromatic nitrogens is 2. The normalized spacial score (nSPS) is 20.6. The lowest BCUT2D eigenvalue weighted by molar-refractivity contribution is -0.138. The van der Waals surface area contributed by atoms with Crippen molar-refractivity contribution in [2.75, 3.05) is 6.61 Å². The van der Waals surface area contributed by atoms with Crippen LogP contribution in [0.25, 0.3) is 0 Å². The molecule has 0 saturated carbocycles. The predicted octanol–water partition coefficient (Wildman–Crippen LogP) is 1.68. The van der Waals surface area contributed by atoms with Gasteiger partial charge in [-0.3, -0.25) is 23.7 Å². The molecule has 4 atom stereocenters. The number of aromatic amines is 1. The zero-order valence-corrected chi connectivity index (χ0v) is 21.4. The molecule has 1 fully saturated rings. The molecule has 1 unspecified atom stereocenters. The molecule has 0 radical (unpaired) electrons. The van der Waals surface area contributed by atoms with Gasteiger partial charge in [-0.25, -0.2) is 9.36 Å². The highest BCUT2D eigenvalue weighted by Crippen LogP contribution is 2.38. The van der Waals surface area contributed by atoms with Crippen molar-refractivity contribution in [2.24, 2.45) is 5.92 Å². The second kappa shape index (κ2) is 12.6. The van der Waals surface area contributed by atoms with Crippen molar-refractivity contribution in [3.8, 4) is 0 Å². The van der Waals surface area contributed by atoms with Gasteiger partial charge in [0.2, 0.25) is 0 Å². The number of aliphatic hydroxyl groups is 1. The summed E-state index contributed by atoms with van der Waals surface area (Å²) in [5.41, 5.74) is 1.22. The summed E-state index contributed by atoms with van der Waals surface area (Å²) < 4.78 is 21.4. The summed E-state index contributed by atoms with van der Waals surface area (Å²) in [4.78, 5) is 53.1. The van der Waals surface area contributed by atoms with Gasteiger partial charge in [-0.2, -0.15) is 0 Å². The van der Waals surface area contributed by atoms with Crippen LogP contribution in [-0.4, -0.2) is 54.3 Å². The number of aliphatic hydroxyl groups excluding tert-OH is 1. The van der Waals surface area contributed by atoms with Gasteiger partial charge in [0.05, 0.1) is 18.6 Å². The summed E-state index contributed by atoms with van der Waals surface area (Å²) in [5.74, 6) is -0.558. The Bertz CT molecular complexity index is 1180. The number of hydrogen-bond donors (Lipinski definition) is 5. The highest BCUT2D eigenvalue weighted by Gasteiger charge is 2.37. The molecule has 3 rings (SSSR count). The number of carboxylic acids is 1. The first-order valence-electron chi connectivity index (χ1n) is 11.3. The fraction of sp³-hybridized carbons (Fsp3) is 0.522. The van der Waals surface area contributed by atoms with Gasteiger partial charge in [-0.1, -0.05) is 38.1 Å². The van der Waals surface area contributed by atoms with E-state index in [1.54, 1.807) is 6.92 Å². The maximum Gasteiger partial charge on any atom is 0.469 e. The van der Waals surface area contributed by atoms with Gasteiger partial charge in [0.1, 0.15) is 12.3 Å². The number of phosphoric ester groups is 1. The Balaban J connectivity index is 0.000000269. The van der Waals surface area contributed by atoms with Crippen molar-refractivity contribution in [1.29, 1.82) is 0 Å². The van der Waals surface area contributed by atoms with Gasteiger partial charge in [0, 0.05) is 18.2 Å². The number of hydrogen-bond acceptors (Lipinski definition) is 7. The van der Waals surface area contributed by atoms with E-state index in [0.717, 1.165) is 16.6 Å². The number of rotatable bonds is 8. The SMILES string of the molecule is CC(C)Cc1ccc(C(C)C(=O)O)cc1.Cc1cn([C@H]2C[C@H](O)[C@@H](COP(=O)(O)O)O2)c(=O)[nH]c1=O. The molecular formula is C23H33N2O10P. The number of carbonyl (C=O) groups is 1. The van der Waals surface area contributed by atoms with Crippen LogP contribution in [-0.2, 0) is 25.0 Å². The smallest absolute Gasteiger partial charge is 0.469 e. The average molecular weight is 528 g/mol. The van der Waals surface area contributed by atoms with Crippen molar-refractivity contribution in [1.82, 2.24) is 9.55 Å². The molecule has 2 heterocycles. The van der Waals surface area contributed by atoms with E-state index in [2.05, 4.69) is 23.4 Å². The minimum absolute atomic E-state index is 0.0283. The second-order valence-electron chi connectivity index (χ2n) is 9.10. The van der Waals surface area contributed by atoms with Gasteiger partial charge in [-0.05, 0) is 37.3 Å². The van der Waals surface area contributed by atoms with E-state index >= 15 is 0 Å². The third kappa shape index (κ3) is 8.81. The lowest BCUT2D eigenvalue weighted by Crippen LogP contribution is -2.33. The molecule has 1 aromatic carbocycles. The summed E-state index contributed by atoms with van der Waals surface area (Å²) in [7, 11) is -4.67. The first kappa shape index (κ1) is 29.6. The van der Waals surface area contributed by atoms with Crippen LogP contribution in [0, 0.1) is 12.8 Å². The number of nitrogens with one attached hydrogen (secondary N) is 1. The summed E-state index contributed by atoms with van der Waals surface area (Å²) in [6.45, 7) is 7.05. The van der Waals surface area contributed by atoms with Crippen molar-refractivity contribution in [3.05, 3.63) is 68.0 Å². The van der Waals surface area contributed by atoms with E-state index < -0.39 is 56.0 Å². The summed E-state index contributed by atoms with van der Waals surface area (Å²) in [6.07, 6.45) is -0.525. The zero-order chi connectivity index (χ0) is 27.2. The molecule has 0 aliphatic carbocycles.